The number of esters is 4. The van der Waals surface area contributed by atoms with Gasteiger partial charge in [0.25, 0.3) is 0 Å². The summed E-state index contributed by atoms with van der Waals surface area (Å²) in [5, 5.41) is 10.7. The van der Waals surface area contributed by atoms with E-state index in [1.165, 1.54) is 70.6 Å². The van der Waals surface area contributed by atoms with Crippen molar-refractivity contribution in [2.75, 3.05) is 39.6 Å². The fourth-order valence-electron chi connectivity index (χ4n) is 11.3. The molecule has 0 saturated carbocycles. The van der Waals surface area contributed by atoms with E-state index in [0.29, 0.717) is 25.7 Å². The number of carbonyl (C=O) groups is 4. The Morgan fingerprint density at radius 2 is 0.473 bits per heavy atom. The maximum Gasteiger partial charge on any atom is 0.472 e. The Bertz CT molecular complexity index is 2650. The lowest BCUT2D eigenvalue weighted by Crippen LogP contribution is -2.30. The first-order chi connectivity index (χ1) is 53.7. The molecule has 0 heterocycles. The van der Waals surface area contributed by atoms with Crippen molar-refractivity contribution >= 4 is 39.5 Å². The molecule has 0 amide bonds. The van der Waals surface area contributed by atoms with Gasteiger partial charge in [-0.25, -0.2) is 9.13 Å². The van der Waals surface area contributed by atoms with Gasteiger partial charge in [0.05, 0.1) is 26.4 Å². The van der Waals surface area contributed by atoms with Gasteiger partial charge in [-0.1, -0.05) is 321 Å². The van der Waals surface area contributed by atoms with E-state index in [0.717, 1.165) is 199 Å². The summed E-state index contributed by atoms with van der Waals surface area (Å²) in [5.74, 6) is -2.23. The number of aliphatic hydroxyl groups excluding tert-OH is 1. The molecule has 0 aromatic carbocycles. The molecule has 0 aliphatic carbocycles. The largest absolute Gasteiger partial charge is 0.472 e. The Morgan fingerprint density at radius 1 is 0.264 bits per heavy atom. The number of hydrogen-bond acceptors (Lipinski definition) is 15. The minimum atomic E-state index is -5.00. The van der Waals surface area contributed by atoms with E-state index >= 15 is 0 Å². The first kappa shape index (κ1) is 105. The molecule has 17 nitrogen and oxygen atoms in total. The summed E-state index contributed by atoms with van der Waals surface area (Å²) >= 11 is 0. The fraction of sp³-hybridized carbons (Fsp3) is 0.692. The van der Waals surface area contributed by atoms with Crippen molar-refractivity contribution in [3.05, 3.63) is 146 Å². The normalized spacial score (nSPS) is 14.5. The third-order valence-electron chi connectivity index (χ3n) is 17.8. The predicted molar refractivity (Wildman–Crippen MR) is 454 cm³/mol. The van der Waals surface area contributed by atoms with Crippen LogP contribution >= 0.6 is 15.6 Å². The molecule has 0 aromatic rings. The summed E-state index contributed by atoms with van der Waals surface area (Å²) < 4.78 is 68.8. The molecule has 630 valence electrons. The van der Waals surface area contributed by atoms with Gasteiger partial charge in [0.2, 0.25) is 0 Å². The molecule has 0 aliphatic heterocycles. The number of rotatable bonds is 80. The molecule has 0 fully saturated rings. The topological polar surface area (TPSA) is 237 Å². The zero-order valence-corrected chi connectivity index (χ0v) is 70.9. The van der Waals surface area contributed by atoms with Crippen LogP contribution in [0.15, 0.2) is 146 Å². The van der Waals surface area contributed by atoms with Crippen LogP contribution in [-0.4, -0.2) is 96.7 Å². The number of unbranched alkanes of at least 4 members (excludes halogenated alkanes) is 30. The standard InChI is InChI=1S/C91H154O17P2/c1-5-9-13-17-21-25-29-33-36-39-42-45-48-52-55-59-63-67-71-75-88(93)101-81-86(107-90(95)77-73-69-65-61-57-51-32-28-24-20-16-12-8-4)83-105-109(97,98)103-79-85(92)80-104-110(99,100)106-84-87(108-91(96)78-74-70-66-62-58-54-50-47-44-41-38-35-31-27-23-19-15-11-7-3)82-102-89(94)76-72-68-64-60-56-53-49-46-43-40-37-34-30-26-22-18-14-10-6-2/h9-10,13-14,21-23,25-27,33-38,42-47,53,56,85-87,92H,5-8,11-12,15-20,24,28-32,39-41,48-52,54-55,57-84H2,1-4H3,(H,97,98)(H,99,100)/b13-9-,14-10-,25-21-,26-22-,27-23-,36-33-,37-34-,38-35-,45-42-,46-43-,47-44-,56-53-. The highest BCUT2D eigenvalue weighted by molar-refractivity contribution is 7.47. The molecular weight excluding hydrogens is 1430 g/mol. The Morgan fingerprint density at radius 3 is 0.755 bits per heavy atom. The number of allylic oxidation sites excluding steroid dienone is 24. The van der Waals surface area contributed by atoms with E-state index in [2.05, 4.69) is 174 Å². The number of hydrogen-bond donors (Lipinski definition) is 3. The lowest BCUT2D eigenvalue weighted by Gasteiger charge is -2.21. The van der Waals surface area contributed by atoms with E-state index in [1.807, 2.05) is 0 Å². The van der Waals surface area contributed by atoms with Crippen LogP contribution < -0.4 is 0 Å². The third-order valence-corrected chi connectivity index (χ3v) is 19.7. The quantitative estimate of drug-likeness (QED) is 0.0169. The molecule has 0 saturated heterocycles. The molecule has 5 atom stereocenters. The molecule has 5 unspecified atom stereocenters. The Hall–Kier alpha value is -5.06. The third kappa shape index (κ3) is 81.0. The zero-order chi connectivity index (χ0) is 80.3. The van der Waals surface area contributed by atoms with Gasteiger partial charge < -0.3 is 33.8 Å². The molecule has 19 heteroatoms. The molecule has 3 N–H and O–H groups in total. The number of ether oxygens (including phenoxy) is 4. The average molecular weight is 1580 g/mol. The molecule has 0 radical (unpaired) electrons. The van der Waals surface area contributed by atoms with Crippen LogP contribution in [0.25, 0.3) is 0 Å². The average Bonchev–Trinajstić information content (AvgIpc) is 0.900. The molecule has 0 bridgehead atoms. The van der Waals surface area contributed by atoms with Crippen molar-refractivity contribution in [2.45, 2.75) is 367 Å². The van der Waals surface area contributed by atoms with Gasteiger partial charge >= 0.3 is 39.5 Å². The van der Waals surface area contributed by atoms with Gasteiger partial charge in [0.1, 0.15) is 19.3 Å². The van der Waals surface area contributed by atoms with E-state index in [1.54, 1.807) is 0 Å². The van der Waals surface area contributed by atoms with Crippen molar-refractivity contribution in [1.82, 2.24) is 0 Å². The second kappa shape index (κ2) is 81.9. The molecule has 0 rings (SSSR count). The maximum atomic E-state index is 13.1. The van der Waals surface area contributed by atoms with E-state index in [4.69, 9.17) is 37.0 Å². The summed E-state index contributed by atoms with van der Waals surface area (Å²) in [6.45, 7) is 4.60. The highest BCUT2D eigenvalue weighted by Crippen LogP contribution is 2.45. The van der Waals surface area contributed by atoms with Gasteiger partial charge in [-0.05, 0) is 148 Å². The summed E-state index contributed by atoms with van der Waals surface area (Å²) in [6, 6.07) is 0. The van der Waals surface area contributed by atoms with E-state index in [-0.39, 0.29) is 25.7 Å². The van der Waals surface area contributed by atoms with Crippen LogP contribution in [-0.2, 0) is 65.4 Å². The highest BCUT2D eigenvalue weighted by Gasteiger charge is 2.30. The monoisotopic (exact) mass is 1580 g/mol. The van der Waals surface area contributed by atoms with Crippen LogP contribution in [0.5, 0.6) is 0 Å². The predicted octanol–water partition coefficient (Wildman–Crippen LogP) is 25.8. The Kier molecular flexibility index (Phi) is 78.2. The van der Waals surface area contributed by atoms with E-state index in [9.17, 15) is 43.2 Å². The summed E-state index contributed by atoms with van der Waals surface area (Å²) in [7, 11) is -9.99. The molecule has 110 heavy (non-hydrogen) atoms. The van der Waals surface area contributed by atoms with Gasteiger partial charge in [0.15, 0.2) is 12.2 Å². The Balaban J connectivity index is 5.42. The SMILES string of the molecule is CC/C=C\C/C=C\C/C=C\C/C=C\C/C=C\CCCCCC(=O)OCC(COP(=O)(O)OCC(O)COP(=O)(O)OCC(COC(=O)CCCCCCCC/C=C\C/C=C\C/C=C\C/C=C\CC)OC(=O)CCCCCCCCCCCCCCC)OC(=O)CCCCCCCC/C=C\C/C=C\C/C=C\CCCCC. The second-order valence-corrected chi connectivity index (χ2v) is 31.3. The maximum absolute atomic E-state index is 13.1. The minimum absolute atomic E-state index is 0.0692. The van der Waals surface area contributed by atoms with Gasteiger partial charge in [0, 0.05) is 25.7 Å². The smallest absolute Gasteiger partial charge is 0.462 e. The van der Waals surface area contributed by atoms with Crippen molar-refractivity contribution in [2.24, 2.45) is 0 Å². The zero-order valence-electron chi connectivity index (χ0n) is 69.1. The van der Waals surface area contributed by atoms with Crippen molar-refractivity contribution in [1.29, 1.82) is 0 Å². The number of carbonyl (C=O) groups excluding carboxylic acids is 4. The van der Waals surface area contributed by atoms with Crippen LogP contribution in [0.1, 0.15) is 349 Å². The number of phosphoric acid groups is 2. The lowest BCUT2D eigenvalue weighted by molar-refractivity contribution is -0.161. The highest BCUT2D eigenvalue weighted by atomic mass is 31.2. The van der Waals surface area contributed by atoms with Gasteiger partial charge in [-0.15, -0.1) is 0 Å². The first-order valence-electron chi connectivity index (χ1n) is 43.1. The fourth-order valence-corrected chi connectivity index (χ4v) is 12.9. The Labute approximate surface area is 668 Å². The molecule has 0 spiro atoms. The molecule has 0 aliphatic rings. The van der Waals surface area contributed by atoms with Gasteiger partial charge in [-0.2, -0.15) is 0 Å². The van der Waals surface area contributed by atoms with Crippen LogP contribution in [0.3, 0.4) is 0 Å². The van der Waals surface area contributed by atoms with Crippen LogP contribution in [0, 0.1) is 0 Å². The number of aliphatic hydroxyl groups is 1. The molecule has 0 aromatic heterocycles. The van der Waals surface area contributed by atoms with Crippen molar-refractivity contribution in [3.63, 3.8) is 0 Å². The van der Waals surface area contributed by atoms with Gasteiger partial charge in [-0.3, -0.25) is 37.3 Å². The van der Waals surface area contributed by atoms with Crippen molar-refractivity contribution < 1.29 is 80.2 Å². The van der Waals surface area contributed by atoms with Crippen LogP contribution in [0.4, 0.5) is 0 Å². The van der Waals surface area contributed by atoms with Crippen molar-refractivity contribution in [3.8, 4) is 0 Å². The summed E-state index contributed by atoms with van der Waals surface area (Å²) in [4.78, 5) is 73.3. The summed E-state index contributed by atoms with van der Waals surface area (Å²) in [5.41, 5.74) is 0. The summed E-state index contributed by atoms with van der Waals surface area (Å²) in [6.07, 6.45) is 95.1. The van der Waals surface area contributed by atoms with Crippen LogP contribution in [0.2, 0.25) is 0 Å². The molecular formula is C91H154O17P2. The minimum Gasteiger partial charge on any atom is -0.462 e. The van der Waals surface area contributed by atoms with E-state index < -0.39 is 97.5 Å². The first-order valence-corrected chi connectivity index (χ1v) is 46.1. The number of phosphoric ester groups is 2. The lowest BCUT2D eigenvalue weighted by atomic mass is 10.0. The second-order valence-electron chi connectivity index (χ2n) is 28.4.